The number of benzene rings is 2. The van der Waals surface area contributed by atoms with Crippen LogP contribution in [0.25, 0.3) is 22.4 Å². The Morgan fingerprint density at radius 2 is 1.83 bits per heavy atom. The molecular formula is C28H33N7O. The van der Waals surface area contributed by atoms with Gasteiger partial charge in [-0.05, 0) is 49.3 Å². The molecule has 0 radical (unpaired) electrons. The van der Waals surface area contributed by atoms with Crippen molar-refractivity contribution in [2.75, 3.05) is 56.5 Å². The molecule has 2 aromatic heterocycles. The van der Waals surface area contributed by atoms with Crippen molar-refractivity contribution in [2.24, 2.45) is 0 Å². The summed E-state index contributed by atoms with van der Waals surface area (Å²) < 4.78 is 0. The molecule has 3 heterocycles. The summed E-state index contributed by atoms with van der Waals surface area (Å²) in [5.74, 6) is 1.68. The molecule has 8 heteroatoms. The van der Waals surface area contributed by atoms with Gasteiger partial charge in [-0.1, -0.05) is 36.4 Å². The summed E-state index contributed by atoms with van der Waals surface area (Å²) in [5.41, 5.74) is 4.59. The van der Waals surface area contributed by atoms with Crippen LogP contribution in [0.3, 0.4) is 0 Å². The second-order valence-electron chi connectivity index (χ2n) is 9.33. The molecule has 4 aromatic rings. The van der Waals surface area contributed by atoms with Gasteiger partial charge in [-0.3, -0.25) is 9.69 Å². The highest BCUT2D eigenvalue weighted by Crippen LogP contribution is 2.26. The van der Waals surface area contributed by atoms with E-state index in [2.05, 4.69) is 67.4 Å². The Hall–Kier alpha value is -3.75. The number of hydrogen-bond donors (Lipinski definition) is 2. The Balaban J connectivity index is 1.15. The summed E-state index contributed by atoms with van der Waals surface area (Å²) in [6.07, 6.45) is 3.72. The molecule has 186 valence electrons. The number of imidazole rings is 1. The highest BCUT2D eigenvalue weighted by molar-refractivity contribution is 5.94. The Labute approximate surface area is 212 Å². The molecular weight excluding hydrogens is 450 g/mol. The first-order chi connectivity index (χ1) is 17.7. The number of carbonyl (C=O) groups is 1. The topological polar surface area (TPSA) is 80.4 Å². The summed E-state index contributed by atoms with van der Waals surface area (Å²) in [6.45, 7) is 7.47. The molecule has 36 heavy (non-hydrogen) atoms. The molecule has 8 nitrogen and oxygen atoms in total. The van der Waals surface area contributed by atoms with Gasteiger partial charge >= 0.3 is 0 Å². The quantitative estimate of drug-likeness (QED) is 0.352. The van der Waals surface area contributed by atoms with Gasteiger partial charge in [0.25, 0.3) is 0 Å². The van der Waals surface area contributed by atoms with Gasteiger partial charge in [-0.15, -0.1) is 0 Å². The summed E-state index contributed by atoms with van der Waals surface area (Å²) in [5, 5.41) is 2.71. The minimum absolute atomic E-state index is 0.668. The van der Waals surface area contributed by atoms with Crippen molar-refractivity contribution in [3.05, 3.63) is 72.4 Å². The normalized spacial score (nSPS) is 15.0. The summed E-state index contributed by atoms with van der Waals surface area (Å²) in [6, 6.07) is 20.5. The first-order valence-electron chi connectivity index (χ1n) is 12.5. The molecule has 1 fully saturated rings. The first kappa shape index (κ1) is 24.0. The fraction of sp³-hybridized carbons (Fsp3) is 0.321. The summed E-state index contributed by atoms with van der Waals surface area (Å²) in [4.78, 5) is 30.9. The molecule has 0 aliphatic carbocycles. The maximum atomic E-state index is 10.9. The summed E-state index contributed by atoms with van der Waals surface area (Å²) >= 11 is 0. The van der Waals surface area contributed by atoms with Crippen molar-refractivity contribution in [1.29, 1.82) is 0 Å². The largest absolute Gasteiger partial charge is 0.358 e. The van der Waals surface area contributed by atoms with E-state index in [1.54, 1.807) is 0 Å². The monoisotopic (exact) mass is 483 g/mol. The molecule has 1 aliphatic heterocycles. The van der Waals surface area contributed by atoms with Crippen LogP contribution >= 0.6 is 0 Å². The van der Waals surface area contributed by atoms with E-state index in [9.17, 15) is 4.79 Å². The van der Waals surface area contributed by atoms with E-state index in [0.717, 1.165) is 74.1 Å². The van der Waals surface area contributed by atoms with E-state index in [4.69, 9.17) is 4.98 Å². The lowest BCUT2D eigenvalue weighted by molar-refractivity contribution is -0.105. The Morgan fingerprint density at radius 3 is 2.64 bits per heavy atom. The predicted molar refractivity (Wildman–Crippen MR) is 145 cm³/mol. The number of hydrogen-bond acceptors (Lipinski definition) is 6. The van der Waals surface area contributed by atoms with E-state index < -0.39 is 0 Å². The lowest BCUT2D eigenvalue weighted by atomic mass is 10.2. The number of nitrogens with one attached hydrogen (secondary N) is 2. The van der Waals surface area contributed by atoms with Crippen LogP contribution in [0, 0.1) is 0 Å². The summed E-state index contributed by atoms with van der Waals surface area (Å²) in [7, 11) is 2.10. The Bertz CT molecular complexity index is 1270. The molecule has 0 bridgehead atoms. The zero-order valence-electron chi connectivity index (χ0n) is 20.7. The number of nitrogens with zero attached hydrogens (tertiary/aromatic N) is 5. The van der Waals surface area contributed by atoms with E-state index in [1.807, 2.05) is 36.5 Å². The second kappa shape index (κ2) is 11.3. The lowest BCUT2D eigenvalue weighted by Gasteiger charge is -2.25. The van der Waals surface area contributed by atoms with Gasteiger partial charge in [0, 0.05) is 51.5 Å². The zero-order valence-corrected chi connectivity index (χ0v) is 20.7. The number of aromatic nitrogens is 3. The van der Waals surface area contributed by atoms with Crippen LogP contribution in [0.15, 0.2) is 66.9 Å². The van der Waals surface area contributed by atoms with Crippen molar-refractivity contribution >= 4 is 28.9 Å². The average molecular weight is 484 g/mol. The molecule has 0 unspecified atom stereocenters. The smallest absolute Gasteiger partial charge is 0.211 e. The lowest BCUT2D eigenvalue weighted by Crippen LogP contribution is -2.36. The number of likely N-dealkylation sites (N-methyl/N-ethyl adjacent to an activating group) is 1. The van der Waals surface area contributed by atoms with Crippen molar-refractivity contribution < 1.29 is 4.79 Å². The van der Waals surface area contributed by atoms with Gasteiger partial charge in [0.15, 0.2) is 0 Å². The fourth-order valence-electron chi connectivity index (χ4n) is 4.75. The maximum Gasteiger partial charge on any atom is 0.211 e. The minimum atomic E-state index is 0.668. The molecule has 0 spiro atoms. The first-order valence-corrected chi connectivity index (χ1v) is 12.5. The molecule has 1 amide bonds. The van der Waals surface area contributed by atoms with E-state index in [0.29, 0.717) is 12.1 Å². The predicted octanol–water partition coefficient (Wildman–Crippen LogP) is 3.84. The second-order valence-corrected chi connectivity index (χ2v) is 9.33. The average Bonchev–Trinajstić information content (AvgIpc) is 3.24. The van der Waals surface area contributed by atoms with Crippen LogP contribution in [0.1, 0.15) is 12.0 Å². The van der Waals surface area contributed by atoms with E-state index in [1.165, 1.54) is 12.0 Å². The van der Waals surface area contributed by atoms with Gasteiger partial charge in [-0.25, -0.2) is 9.97 Å². The molecule has 1 saturated heterocycles. The number of carbonyl (C=O) groups excluding carboxylic acids is 1. The van der Waals surface area contributed by atoms with Crippen molar-refractivity contribution in [3.63, 3.8) is 0 Å². The number of para-hydroxylation sites is 1. The number of fused-ring (bicyclic) bond motifs is 1. The third-order valence-corrected chi connectivity index (χ3v) is 6.82. The van der Waals surface area contributed by atoms with Gasteiger partial charge in [-0.2, -0.15) is 0 Å². The molecule has 1 aliphatic rings. The van der Waals surface area contributed by atoms with Crippen molar-refractivity contribution in [1.82, 2.24) is 24.8 Å². The van der Waals surface area contributed by atoms with Crippen LogP contribution in [0.2, 0.25) is 0 Å². The number of aromatic amines is 1. The Morgan fingerprint density at radius 1 is 1.00 bits per heavy atom. The zero-order chi connectivity index (χ0) is 24.7. The van der Waals surface area contributed by atoms with Gasteiger partial charge < -0.3 is 20.1 Å². The van der Waals surface area contributed by atoms with Gasteiger partial charge in [0.05, 0.1) is 11.2 Å². The highest BCUT2D eigenvalue weighted by Gasteiger charge is 2.16. The fourth-order valence-corrected chi connectivity index (χ4v) is 4.75. The molecule has 0 saturated carbocycles. The molecule has 2 aromatic carbocycles. The van der Waals surface area contributed by atoms with Crippen LogP contribution in [0.5, 0.6) is 0 Å². The number of pyridine rings is 1. The highest BCUT2D eigenvalue weighted by atomic mass is 16.1. The number of H-pyrrole nitrogens is 1. The van der Waals surface area contributed by atoms with Crippen LogP contribution in [-0.2, 0) is 11.3 Å². The van der Waals surface area contributed by atoms with E-state index >= 15 is 0 Å². The van der Waals surface area contributed by atoms with Crippen LogP contribution in [0.4, 0.5) is 11.5 Å². The standard InChI is InChI=1S/C28H33N7O/c1-33(15-16-34-13-6-14-35(18-17-34)20-22-7-3-2-4-8-22)26-12-11-23(19-29-26)28-31-25-10-5-9-24(30-21-36)27(25)32-28/h2-5,7-12,19,21H,6,13-18,20H2,1H3,(H,30,36)(H,31,32). The number of anilines is 2. The number of rotatable bonds is 9. The van der Waals surface area contributed by atoms with E-state index in [-0.39, 0.29) is 0 Å². The van der Waals surface area contributed by atoms with Gasteiger partial charge in [0.2, 0.25) is 6.41 Å². The SMILES string of the molecule is CN(CCN1CCCN(Cc2ccccc2)CC1)c1ccc(-c2nc3c(NC=O)cccc3[nH]2)cn1. The Kier molecular flexibility index (Phi) is 7.54. The third-order valence-electron chi connectivity index (χ3n) is 6.82. The van der Waals surface area contributed by atoms with Crippen molar-refractivity contribution in [2.45, 2.75) is 13.0 Å². The van der Waals surface area contributed by atoms with Crippen LogP contribution < -0.4 is 10.2 Å². The molecule has 5 rings (SSSR count). The third kappa shape index (κ3) is 5.72. The molecule has 0 atom stereocenters. The number of amides is 1. The van der Waals surface area contributed by atoms with Gasteiger partial charge in [0.1, 0.15) is 17.2 Å². The minimum Gasteiger partial charge on any atom is -0.358 e. The van der Waals surface area contributed by atoms with Crippen LogP contribution in [-0.4, -0.2) is 77.5 Å². The van der Waals surface area contributed by atoms with Crippen molar-refractivity contribution in [3.8, 4) is 11.4 Å². The maximum absolute atomic E-state index is 10.9. The molecule has 2 N–H and O–H groups in total.